The molecule has 0 saturated carbocycles. The smallest absolute Gasteiger partial charge is 0.338 e. The van der Waals surface area contributed by atoms with Gasteiger partial charge in [-0.1, -0.05) is 23.7 Å². The molecule has 2 fully saturated rings. The highest BCUT2D eigenvalue weighted by Crippen LogP contribution is 2.49. The number of carbonyl (C=O) groups is 1. The van der Waals surface area contributed by atoms with Crippen molar-refractivity contribution in [2.24, 2.45) is 5.73 Å². The van der Waals surface area contributed by atoms with Crippen LogP contribution < -0.4 is 15.2 Å². The highest BCUT2D eigenvalue weighted by Gasteiger charge is 2.42. The van der Waals surface area contributed by atoms with E-state index < -0.39 is 30.5 Å². The lowest BCUT2D eigenvalue weighted by atomic mass is 9.88. The highest BCUT2D eigenvalue weighted by molar-refractivity contribution is 6.30. The Kier molecular flexibility index (Phi) is 10.5. The standard InChI is InChI=1S/C37H44ClN5O8/c1-36(32-8-6-26(38)18-40-32)50-31-4-2-3-28(34(31)51-36)24-9-12-42(13-10-24)20-33-41-29-7-5-25(17-30(29)43(33)19-27-11-14-48-27)35(46)49-16-15-47-23-37(39,21-44)22-45/h2-8,17-18,24,27,44-45H,9-16,19-23,39H2,1H3/t27-,36?/m0/s1. The predicted octanol–water partition coefficient (Wildman–Crippen LogP) is 3.75. The average molecular weight is 722 g/mol. The summed E-state index contributed by atoms with van der Waals surface area (Å²) in [6, 6.07) is 15.1. The molecule has 2 aromatic carbocycles. The van der Waals surface area contributed by atoms with Crippen molar-refractivity contribution in [1.82, 2.24) is 19.4 Å². The molecule has 0 amide bonds. The minimum Gasteiger partial charge on any atom is -0.460 e. The first-order chi connectivity index (χ1) is 24.7. The van der Waals surface area contributed by atoms with Gasteiger partial charge in [-0.2, -0.15) is 0 Å². The molecule has 4 aromatic rings. The summed E-state index contributed by atoms with van der Waals surface area (Å²) in [5, 5.41) is 19.2. The number of fused-ring (bicyclic) bond motifs is 2. The molecule has 3 aliphatic heterocycles. The SMILES string of the molecule is CC1(c2ccc(Cl)cn2)Oc2cccc(C3CCN(Cc4nc5ccc(C(=O)OCCOCC(N)(CO)CO)cc5n4C[C@@H]4CCO4)CC3)c2O1. The van der Waals surface area contributed by atoms with Gasteiger partial charge in [0.15, 0.2) is 11.5 Å². The van der Waals surface area contributed by atoms with Gasteiger partial charge in [0.05, 0.1) is 72.8 Å². The number of hydrogen-bond donors (Lipinski definition) is 3. The number of pyridine rings is 1. The molecule has 13 nitrogen and oxygen atoms in total. The Balaban J connectivity index is 1.000. The first kappa shape index (κ1) is 35.6. The third-order valence-corrected chi connectivity index (χ3v) is 10.1. The zero-order valence-corrected chi connectivity index (χ0v) is 29.4. The summed E-state index contributed by atoms with van der Waals surface area (Å²) in [5.41, 5.74) is 8.46. The molecule has 7 rings (SSSR count). The Bertz CT molecular complexity index is 1840. The number of rotatable bonds is 14. The number of nitrogens with two attached hydrogens (primary N) is 1. The molecular formula is C37H44ClN5O8. The molecule has 1 unspecified atom stereocenters. The van der Waals surface area contributed by atoms with E-state index in [2.05, 4.69) is 20.5 Å². The lowest BCUT2D eigenvalue weighted by Crippen LogP contribution is -2.51. The molecule has 5 heterocycles. The Morgan fingerprint density at radius 1 is 1.10 bits per heavy atom. The minimum absolute atomic E-state index is 0.00397. The van der Waals surface area contributed by atoms with E-state index >= 15 is 0 Å². The van der Waals surface area contributed by atoms with Gasteiger partial charge in [-0.3, -0.25) is 9.88 Å². The van der Waals surface area contributed by atoms with Crippen molar-refractivity contribution in [2.75, 3.05) is 52.7 Å². The lowest BCUT2D eigenvalue weighted by molar-refractivity contribution is -0.0722. The summed E-state index contributed by atoms with van der Waals surface area (Å²) >= 11 is 6.07. The molecule has 3 aliphatic rings. The molecule has 0 aliphatic carbocycles. The molecule has 2 saturated heterocycles. The average Bonchev–Trinajstić information content (AvgIpc) is 3.66. The molecule has 2 aromatic heterocycles. The monoisotopic (exact) mass is 721 g/mol. The molecule has 0 bridgehead atoms. The number of nitrogens with zero attached hydrogens (tertiary/aromatic N) is 4. The number of halogens is 1. The molecular weight excluding hydrogens is 678 g/mol. The van der Waals surface area contributed by atoms with E-state index in [1.807, 2.05) is 37.3 Å². The van der Waals surface area contributed by atoms with Crippen molar-refractivity contribution in [3.05, 3.63) is 82.4 Å². The van der Waals surface area contributed by atoms with Crippen LogP contribution in [0, 0.1) is 0 Å². The fourth-order valence-electron chi connectivity index (χ4n) is 6.77. The van der Waals surface area contributed by atoms with E-state index in [9.17, 15) is 15.0 Å². The number of para-hydroxylation sites is 1. The Morgan fingerprint density at radius 2 is 1.90 bits per heavy atom. The third-order valence-electron chi connectivity index (χ3n) is 9.92. The maximum absolute atomic E-state index is 13.0. The van der Waals surface area contributed by atoms with Gasteiger partial charge in [-0.05, 0) is 74.7 Å². The summed E-state index contributed by atoms with van der Waals surface area (Å²) in [4.78, 5) is 24.8. The summed E-state index contributed by atoms with van der Waals surface area (Å²) in [5.74, 6) is 1.23. The van der Waals surface area contributed by atoms with Crippen molar-refractivity contribution in [3.63, 3.8) is 0 Å². The summed E-state index contributed by atoms with van der Waals surface area (Å²) in [7, 11) is 0. The van der Waals surface area contributed by atoms with Crippen LogP contribution in [0.2, 0.25) is 5.02 Å². The second-order valence-corrected chi connectivity index (χ2v) is 14.2. The van der Waals surface area contributed by atoms with Crippen LogP contribution >= 0.6 is 11.6 Å². The van der Waals surface area contributed by atoms with Crippen LogP contribution in [0.1, 0.15) is 59.5 Å². The van der Waals surface area contributed by atoms with Crippen molar-refractivity contribution in [3.8, 4) is 11.5 Å². The summed E-state index contributed by atoms with van der Waals surface area (Å²) in [6.45, 7) is 4.89. The predicted molar refractivity (Wildman–Crippen MR) is 188 cm³/mol. The minimum atomic E-state index is -1.24. The van der Waals surface area contributed by atoms with Crippen LogP contribution in [0.3, 0.4) is 0 Å². The van der Waals surface area contributed by atoms with Crippen molar-refractivity contribution in [2.45, 2.75) is 62.6 Å². The number of aromatic nitrogens is 3. The number of likely N-dealkylation sites (tertiary alicyclic amines) is 1. The molecule has 4 N–H and O–H groups in total. The first-order valence-electron chi connectivity index (χ1n) is 17.4. The Hall–Kier alpha value is -3.82. The van der Waals surface area contributed by atoms with E-state index in [4.69, 9.17) is 46.0 Å². The maximum atomic E-state index is 13.0. The lowest BCUT2D eigenvalue weighted by Gasteiger charge is -2.33. The number of benzene rings is 2. The van der Waals surface area contributed by atoms with Gasteiger partial charge in [0.25, 0.3) is 5.79 Å². The fraction of sp³-hybridized carbons (Fsp3) is 0.486. The number of esters is 1. The van der Waals surface area contributed by atoms with Gasteiger partial charge in [0.1, 0.15) is 18.1 Å². The zero-order valence-electron chi connectivity index (χ0n) is 28.6. The Labute approximate surface area is 301 Å². The number of piperidine rings is 1. The van der Waals surface area contributed by atoms with E-state index in [1.165, 1.54) is 0 Å². The number of aliphatic hydroxyl groups is 2. The van der Waals surface area contributed by atoms with Gasteiger partial charge >= 0.3 is 5.97 Å². The zero-order chi connectivity index (χ0) is 35.6. The normalized spacial score (nSPS) is 20.8. The molecule has 51 heavy (non-hydrogen) atoms. The van der Waals surface area contributed by atoms with Gasteiger partial charge in [-0.15, -0.1) is 0 Å². The molecule has 272 valence electrons. The quantitative estimate of drug-likeness (QED) is 0.128. The third kappa shape index (κ3) is 7.70. The number of aliphatic hydroxyl groups excluding tert-OH is 2. The molecule has 0 radical (unpaired) electrons. The molecule has 0 spiro atoms. The van der Waals surface area contributed by atoms with E-state index in [0.717, 1.165) is 72.9 Å². The van der Waals surface area contributed by atoms with Crippen LogP contribution in [0.25, 0.3) is 11.0 Å². The number of imidazole rings is 1. The van der Waals surface area contributed by atoms with Crippen LogP contribution in [0.4, 0.5) is 0 Å². The topological polar surface area (TPSA) is 164 Å². The second-order valence-electron chi connectivity index (χ2n) is 13.7. The summed E-state index contributed by atoms with van der Waals surface area (Å²) < 4.78 is 31.6. The molecule has 14 heteroatoms. The van der Waals surface area contributed by atoms with Gasteiger partial charge in [0, 0.05) is 25.3 Å². The van der Waals surface area contributed by atoms with Crippen molar-refractivity contribution < 1.29 is 38.7 Å². The van der Waals surface area contributed by atoms with E-state index in [1.54, 1.807) is 18.3 Å². The highest BCUT2D eigenvalue weighted by atomic mass is 35.5. The number of carbonyl (C=O) groups excluding carboxylic acids is 1. The van der Waals surface area contributed by atoms with Crippen LogP contribution in [0.15, 0.2) is 54.7 Å². The number of ether oxygens (including phenoxy) is 5. The van der Waals surface area contributed by atoms with Crippen LogP contribution in [0.5, 0.6) is 11.5 Å². The van der Waals surface area contributed by atoms with E-state index in [0.29, 0.717) is 35.3 Å². The van der Waals surface area contributed by atoms with Gasteiger partial charge in [0.2, 0.25) is 0 Å². The first-order valence-corrected chi connectivity index (χ1v) is 17.8. The van der Waals surface area contributed by atoms with E-state index in [-0.39, 0.29) is 25.9 Å². The molecule has 2 atom stereocenters. The van der Waals surface area contributed by atoms with Gasteiger partial charge in [-0.25, -0.2) is 9.78 Å². The van der Waals surface area contributed by atoms with Crippen molar-refractivity contribution in [1.29, 1.82) is 0 Å². The largest absolute Gasteiger partial charge is 0.460 e. The van der Waals surface area contributed by atoms with Crippen molar-refractivity contribution >= 4 is 28.6 Å². The number of hydrogen-bond acceptors (Lipinski definition) is 12. The maximum Gasteiger partial charge on any atom is 0.338 e. The Morgan fingerprint density at radius 3 is 2.61 bits per heavy atom. The fourth-order valence-corrected chi connectivity index (χ4v) is 6.88. The second kappa shape index (κ2) is 15.0. The van der Waals surface area contributed by atoms with Gasteiger partial charge < -0.3 is 44.2 Å². The van der Waals surface area contributed by atoms with Crippen LogP contribution in [-0.4, -0.2) is 100.0 Å². The van der Waals surface area contributed by atoms with Crippen LogP contribution in [-0.2, 0) is 33.1 Å². The summed E-state index contributed by atoms with van der Waals surface area (Å²) in [6.07, 6.45) is 4.58.